The molecule has 0 aliphatic rings. The topological polar surface area (TPSA) is 38.3 Å². The van der Waals surface area contributed by atoms with Crippen molar-refractivity contribution in [1.29, 1.82) is 0 Å². The van der Waals surface area contributed by atoms with E-state index >= 15 is 0 Å². The Morgan fingerprint density at radius 3 is 1.75 bits per heavy atom. The third-order valence-electron chi connectivity index (χ3n) is 4.65. The van der Waals surface area contributed by atoms with E-state index in [0.717, 1.165) is 0 Å². The number of hydrogen-bond donors (Lipinski definition) is 1. The Morgan fingerprint density at radius 1 is 1.04 bits per heavy atom. The van der Waals surface area contributed by atoms with Crippen LogP contribution < -0.4 is 5.32 Å². The van der Waals surface area contributed by atoms with Crippen molar-refractivity contribution in [3.8, 4) is 0 Å². The van der Waals surface area contributed by atoms with Crippen LogP contribution in [0.5, 0.6) is 0 Å². The van der Waals surface area contributed by atoms with E-state index in [0.29, 0.717) is 0 Å². The molecule has 1 unspecified atom stereocenters. The van der Waals surface area contributed by atoms with Crippen molar-refractivity contribution < 1.29 is 9.53 Å². The molecule has 0 heterocycles. The molecule has 0 radical (unpaired) electrons. The fourth-order valence-corrected chi connectivity index (χ4v) is 19.8. The molecular formula is C20H41NO2Sn. The van der Waals surface area contributed by atoms with Crippen molar-refractivity contribution >= 4 is 24.5 Å². The first kappa shape index (κ1) is 23.8. The van der Waals surface area contributed by atoms with Gasteiger partial charge in [-0.3, -0.25) is 0 Å². The summed E-state index contributed by atoms with van der Waals surface area (Å²) in [7, 11) is 0. The number of nitrogens with one attached hydrogen (secondary N) is 1. The van der Waals surface area contributed by atoms with E-state index < -0.39 is 24.0 Å². The van der Waals surface area contributed by atoms with E-state index in [-0.39, 0.29) is 10.2 Å². The number of amides is 1. The zero-order chi connectivity index (χ0) is 18.6. The molecule has 4 heteroatoms. The van der Waals surface area contributed by atoms with Crippen LogP contribution in [0.25, 0.3) is 0 Å². The summed E-state index contributed by atoms with van der Waals surface area (Å²) >= 11 is -2.55. The Hall–Kier alpha value is -0.191. The van der Waals surface area contributed by atoms with Gasteiger partial charge in [-0.1, -0.05) is 0 Å². The van der Waals surface area contributed by atoms with E-state index in [1.54, 1.807) is 0 Å². The molecule has 0 saturated heterocycles. The number of alkyl carbamates (subject to hydrolysis) is 1. The molecule has 24 heavy (non-hydrogen) atoms. The van der Waals surface area contributed by atoms with Crippen LogP contribution in [0.15, 0.2) is 12.7 Å². The average Bonchev–Trinajstić information content (AvgIpc) is 2.51. The van der Waals surface area contributed by atoms with E-state index in [4.69, 9.17) is 4.74 Å². The molecule has 3 nitrogen and oxygen atoms in total. The fraction of sp³-hybridized carbons (Fsp3) is 0.850. The van der Waals surface area contributed by atoms with Crippen LogP contribution in [0.1, 0.15) is 80.1 Å². The zero-order valence-electron chi connectivity index (χ0n) is 17.0. The van der Waals surface area contributed by atoms with Gasteiger partial charge >= 0.3 is 155 Å². The number of rotatable bonds is 12. The summed E-state index contributed by atoms with van der Waals surface area (Å²) < 4.78 is 9.73. The number of unbranched alkanes of at least 4 members (excludes halogenated alkanes) is 3. The molecule has 0 saturated carbocycles. The Bertz CT molecular complexity index is 341. The SMILES string of the molecule is C=C[CH](NC(=O)OC(C)(C)C)[Sn]([CH2]CCC)([CH2]CCC)[CH2]CCC. The molecular weight excluding hydrogens is 405 g/mol. The van der Waals surface area contributed by atoms with Crippen molar-refractivity contribution in [2.45, 2.75) is 103 Å². The normalized spacial score (nSPS) is 13.4. The van der Waals surface area contributed by atoms with Gasteiger partial charge in [0.25, 0.3) is 0 Å². The van der Waals surface area contributed by atoms with E-state index in [2.05, 4.69) is 32.7 Å². The molecule has 0 bridgehead atoms. The van der Waals surface area contributed by atoms with Gasteiger partial charge in [-0.2, -0.15) is 0 Å². The molecule has 0 aliphatic carbocycles. The molecule has 0 aromatic rings. The Morgan fingerprint density at radius 2 is 1.46 bits per heavy atom. The molecule has 1 atom stereocenters. The summed E-state index contributed by atoms with van der Waals surface area (Å²) in [5.74, 6) is 0. The number of carbonyl (C=O) groups is 1. The van der Waals surface area contributed by atoms with Gasteiger partial charge in [0.2, 0.25) is 0 Å². The van der Waals surface area contributed by atoms with Gasteiger partial charge in [0, 0.05) is 0 Å². The number of carbonyl (C=O) groups excluding carboxylic acids is 1. The summed E-state index contributed by atoms with van der Waals surface area (Å²) in [6.45, 7) is 16.6. The second-order valence-corrected chi connectivity index (χ2v) is 21.9. The van der Waals surface area contributed by atoms with Gasteiger partial charge in [0.05, 0.1) is 0 Å². The van der Waals surface area contributed by atoms with Crippen LogP contribution in [0, 0.1) is 0 Å². The summed E-state index contributed by atoms with van der Waals surface area (Å²) in [6, 6.07) is 0. The first-order valence-corrected chi connectivity index (χ1v) is 17.6. The van der Waals surface area contributed by atoms with E-state index in [9.17, 15) is 4.79 Å². The third-order valence-corrected chi connectivity index (χ3v) is 21.1. The van der Waals surface area contributed by atoms with Gasteiger partial charge in [-0.25, -0.2) is 0 Å². The predicted molar refractivity (Wildman–Crippen MR) is 108 cm³/mol. The van der Waals surface area contributed by atoms with Gasteiger partial charge in [-0.15, -0.1) is 0 Å². The molecule has 1 N–H and O–H groups in total. The Balaban J connectivity index is 5.31. The summed E-state index contributed by atoms with van der Waals surface area (Å²) in [5, 5.41) is 3.20. The number of hydrogen-bond acceptors (Lipinski definition) is 2. The van der Waals surface area contributed by atoms with Crippen LogP contribution in [0.4, 0.5) is 4.79 Å². The first-order valence-electron chi connectivity index (χ1n) is 9.86. The second-order valence-electron chi connectivity index (χ2n) is 8.03. The van der Waals surface area contributed by atoms with E-state index in [1.807, 2.05) is 26.8 Å². The molecule has 142 valence electrons. The van der Waals surface area contributed by atoms with Gasteiger partial charge < -0.3 is 0 Å². The standard InChI is InChI=1S/C8H14NO2.3C4H9.Sn/c1-5-6-9-7(10)11-8(2,3)4;3*1-3-4-2;/h5-6H,1H2,2-4H3,(H,9,10);3*1,3-4H2,2H3;. The summed E-state index contributed by atoms with van der Waals surface area (Å²) in [5.41, 5.74) is -0.454. The van der Waals surface area contributed by atoms with Crippen molar-refractivity contribution in [1.82, 2.24) is 5.32 Å². The zero-order valence-corrected chi connectivity index (χ0v) is 19.9. The Labute approximate surface area is 154 Å². The molecule has 1 amide bonds. The molecule has 0 rings (SSSR count). The molecule has 0 spiro atoms. The quantitative estimate of drug-likeness (QED) is 0.276. The molecule has 0 aromatic carbocycles. The van der Waals surface area contributed by atoms with Gasteiger partial charge in [-0.05, 0) is 0 Å². The first-order chi connectivity index (χ1) is 11.2. The molecule has 0 aromatic heterocycles. The summed E-state index contributed by atoms with van der Waals surface area (Å²) in [4.78, 5) is 12.3. The monoisotopic (exact) mass is 447 g/mol. The molecule has 0 aliphatic heterocycles. The maximum absolute atomic E-state index is 12.3. The van der Waals surface area contributed by atoms with Crippen molar-refractivity contribution in [3.05, 3.63) is 12.7 Å². The second kappa shape index (κ2) is 12.2. The van der Waals surface area contributed by atoms with Crippen LogP contribution in [-0.4, -0.2) is 34.1 Å². The molecule has 0 fully saturated rings. The third kappa shape index (κ3) is 9.33. The van der Waals surface area contributed by atoms with Crippen LogP contribution in [0.3, 0.4) is 0 Å². The van der Waals surface area contributed by atoms with Crippen LogP contribution in [0.2, 0.25) is 13.3 Å². The maximum atomic E-state index is 12.3. The number of ether oxygens (including phenoxy) is 1. The van der Waals surface area contributed by atoms with E-state index in [1.165, 1.54) is 51.8 Å². The van der Waals surface area contributed by atoms with Crippen LogP contribution >= 0.6 is 0 Å². The predicted octanol–water partition coefficient (Wildman–Crippen LogP) is 6.45. The van der Waals surface area contributed by atoms with Gasteiger partial charge in [0.15, 0.2) is 0 Å². The van der Waals surface area contributed by atoms with Crippen LogP contribution in [-0.2, 0) is 4.74 Å². The van der Waals surface area contributed by atoms with Gasteiger partial charge in [0.1, 0.15) is 0 Å². The van der Waals surface area contributed by atoms with Crippen molar-refractivity contribution in [2.24, 2.45) is 0 Å². The minimum atomic E-state index is -2.55. The van der Waals surface area contributed by atoms with Crippen molar-refractivity contribution in [2.75, 3.05) is 0 Å². The summed E-state index contributed by atoms with van der Waals surface area (Å²) in [6.07, 6.45) is 9.27. The average molecular weight is 446 g/mol. The minimum absolute atomic E-state index is 0.179. The fourth-order valence-electron chi connectivity index (χ4n) is 3.32. The Kier molecular flexibility index (Phi) is 12.1. The van der Waals surface area contributed by atoms with Crippen molar-refractivity contribution in [3.63, 3.8) is 0 Å².